The lowest BCUT2D eigenvalue weighted by Crippen LogP contribution is -2.29. The molecule has 212 valence electrons. The minimum absolute atomic E-state index is 0.0944. The molecule has 2 aliphatic heterocycles. The van der Waals surface area contributed by atoms with E-state index in [2.05, 4.69) is 0 Å². The van der Waals surface area contributed by atoms with Gasteiger partial charge in [-0.3, -0.25) is 29.0 Å². The number of carbonyl (C=O) groups is 6. The molecule has 3 aromatic rings. The lowest BCUT2D eigenvalue weighted by molar-refractivity contribution is 0.0655. The van der Waals surface area contributed by atoms with Crippen LogP contribution in [0.3, 0.4) is 0 Å². The SMILES string of the molecule is CC.CC.CCN1C(=O)c2ccc(C(=O)Oc3ccc(OC(=O)c4ccc5c(c4)C(=O)N(C)C5=O)cc3)cc2C1=O. The maximum absolute atomic E-state index is 12.6. The Balaban J connectivity index is 0.00000111. The molecule has 5 rings (SSSR count). The van der Waals surface area contributed by atoms with Crippen molar-refractivity contribution in [2.24, 2.45) is 0 Å². The molecule has 2 aliphatic rings. The van der Waals surface area contributed by atoms with Crippen LogP contribution in [0.5, 0.6) is 11.5 Å². The van der Waals surface area contributed by atoms with Gasteiger partial charge in [-0.15, -0.1) is 0 Å². The third kappa shape index (κ3) is 5.76. The Bertz CT molecular complexity index is 1540. The largest absolute Gasteiger partial charge is 0.423 e. The Morgan fingerprint density at radius 3 is 1.39 bits per heavy atom. The number of fused-ring (bicyclic) bond motifs is 2. The summed E-state index contributed by atoms with van der Waals surface area (Å²) in [5.74, 6) is -2.95. The average molecular weight is 559 g/mol. The summed E-state index contributed by atoms with van der Waals surface area (Å²) in [6.45, 7) is 9.91. The second kappa shape index (κ2) is 12.8. The molecule has 0 radical (unpaired) electrons. The molecule has 0 atom stereocenters. The van der Waals surface area contributed by atoms with Gasteiger partial charge in [-0.2, -0.15) is 0 Å². The average Bonchev–Trinajstić information content (AvgIpc) is 3.38. The summed E-state index contributed by atoms with van der Waals surface area (Å²) in [5.41, 5.74) is 0.927. The van der Waals surface area contributed by atoms with Gasteiger partial charge in [0.05, 0.1) is 33.4 Å². The zero-order valence-corrected chi connectivity index (χ0v) is 23.6. The molecule has 0 aliphatic carbocycles. The summed E-state index contributed by atoms with van der Waals surface area (Å²) in [6, 6.07) is 13.9. The van der Waals surface area contributed by atoms with E-state index in [4.69, 9.17) is 9.47 Å². The number of amides is 4. The van der Waals surface area contributed by atoms with E-state index in [1.54, 1.807) is 6.92 Å². The molecular weight excluding hydrogens is 528 g/mol. The number of hydrogen-bond acceptors (Lipinski definition) is 8. The van der Waals surface area contributed by atoms with Gasteiger partial charge in [0.1, 0.15) is 11.5 Å². The first-order valence-electron chi connectivity index (χ1n) is 13.2. The first kappa shape index (κ1) is 30.4. The fourth-order valence-electron chi connectivity index (χ4n) is 4.10. The van der Waals surface area contributed by atoms with Crippen LogP contribution >= 0.6 is 0 Å². The maximum atomic E-state index is 12.6. The van der Waals surface area contributed by atoms with E-state index in [0.29, 0.717) is 0 Å². The van der Waals surface area contributed by atoms with Gasteiger partial charge in [-0.25, -0.2) is 9.59 Å². The standard InChI is InChI=1S/C27H18N2O8.2C2H6/c1-3-29-24(32)19-11-5-15(13-21(19)25(29)33)27(35)37-17-8-6-16(7-9-17)36-26(34)14-4-10-18-20(12-14)23(31)28(2)22(18)30;2*1-2/h4-13H,3H2,1-2H3;2*1-2H3. The lowest BCUT2D eigenvalue weighted by atomic mass is 10.1. The van der Waals surface area contributed by atoms with Gasteiger partial charge in [0, 0.05) is 13.6 Å². The van der Waals surface area contributed by atoms with Gasteiger partial charge < -0.3 is 9.47 Å². The molecule has 0 N–H and O–H groups in total. The molecular formula is C31H30N2O8. The molecule has 2 heterocycles. The van der Waals surface area contributed by atoms with Crippen molar-refractivity contribution in [1.29, 1.82) is 0 Å². The maximum Gasteiger partial charge on any atom is 0.343 e. The molecule has 0 saturated carbocycles. The van der Waals surface area contributed by atoms with Crippen molar-refractivity contribution in [3.63, 3.8) is 0 Å². The first-order chi connectivity index (χ1) is 19.7. The van der Waals surface area contributed by atoms with Crippen LogP contribution in [0.4, 0.5) is 0 Å². The van der Waals surface area contributed by atoms with E-state index < -0.39 is 35.6 Å². The van der Waals surface area contributed by atoms with Gasteiger partial charge in [0.25, 0.3) is 23.6 Å². The summed E-state index contributed by atoms with van der Waals surface area (Å²) >= 11 is 0. The Kier molecular flexibility index (Phi) is 9.51. The van der Waals surface area contributed by atoms with E-state index in [-0.39, 0.29) is 51.4 Å². The Hall–Kier alpha value is -5.12. The van der Waals surface area contributed by atoms with Crippen molar-refractivity contribution in [2.45, 2.75) is 34.6 Å². The third-order valence-corrected chi connectivity index (χ3v) is 6.09. The minimum atomic E-state index is -0.735. The van der Waals surface area contributed by atoms with Crippen molar-refractivity contribution >= 4 is 35.6 Å². The molecule has 10 nitrogen and oxygen atoms in total. The number of carbonyl (C=O) groups excluding carboxylic acids is 6. The molecule has 10 heteroatoms. The summed E-state index contributed by atoms with van der Waals surface area (Å²) in [4.78, 5) is 76.0. The van der Waals surface area contributed by atoms with Gasteiger partial charge in [-0.1, -0.05) is 27.7 Å². The highest BCUT2D eigenvalue weighted by Crippen LogP contribution is 2.26. The topological polar surface area (TPSA) is 127 Å². The summed E-state index contributed by atoms with van der Waals surface area (Å²) in [7, 11) is 1.36. The fraction of sp³-hybridized carbons (Fsp3) is 0.226. The van der Waals surface area contributed by atoms with Gasteiger partial charge >= 0.3 is 11.9 Å². The van der Waals surface area contributed by atoms with E-state index in [1.165, 1.54) is 67.7 Å². The van der Waals surface area contributed by atoms with E-state index in [0.717, 1.165) is 9.80 Å². The highest BCUT2D eigenvalue weighted by Gasteiger charge is 2.35. The number of benzene rings is 3. The predicted molar refractivity (Wildman–Crippen MR) is 149 cm³/mol. The minimum Gasteiger partial charge on any atom is -0.423 e. The molecule has 0 saturated heterocycles. The van der Waals surface area contributed by atoms with E-state index in [9.17, 15) is 28.8 Å². The van der Waals surface area contributed by atoms with E-state index >= 15 is 0 Å². The number of esters is 2. The molecule has 0 fully saturated rings. The van der Waals surface area contributed by atoms with Crippen molar-refractivity contribution in [1.82, 2.24) is 9.80 Å². The Morgan fingerprint density at radius 1 is 0.585 bits per heavy atom. The van der Waals surface area contributed by atoms with Crippen molar-refractivity contribution in [3.8, 4) is 11.5 Å². The van der Waals surface area contributed by atoms with Crippen molar-refractivity contribution in [3.05, 3.63) is 94.0 Å². The summed E-state index contributed by atoms with van der Waals surface area (Å²) in [5, 5.41) is 0. The van der Waals surface area contributed by atoms with E-state index in [1.807, 2.05) is 27.7 Å². The van der Waals surface area contributed by atoms with Crippen LogP contribution in [0, 0.1) is 0 Å². The molecule has 0 unspecified atom stereocenters. The van der Waals surface area contributed by atoms with Gasteiger partial charge in [0.2, 0.25) is 0 Å². The predicted octanol–water partition coefficient (Wildman–Crippen LogP) is 5.02. The Morgan fingerprint density at radius 2 is 0.951 bits per heavy atom. The van der Waals surface area contributed by atoms with Crippen molar-refractivity contribution < 1.29 is 38.2 Å². The lowest BCUT2D eigenvalue weighted by Gasteiger charge is -2.08. The smallest absolute Gasteiger partial charge is 0.343 e. The van der Waals surface area contributed by atoms with Crippen LogP contribution in [-0.4, -0.2) is 59.0 Å². The number of imide groups is 2. The Labute approximate surface area is 237 Å². The zero-order valence-electron chi connectivity index (χ0n) is 23.6. The third-order valence-electron chi connectivity index (χ3n) is 6.09. The highest BCUT2D eigenvalue weighted by molar-refractivity contribution is 6.22. The summed E-state index contributed by atoms with van der Waals surface area (Å²) in [6.07, 6.45) is 0. The van der Waals surface area contributed by atoms with Crippen LogP contribution in [0.15, 0.2) is 60.7 Å². The second-order valence-electron chi connectivity index (χ2n) is 8.30. The highest BCUT2D eigenvalue weighted by atomic mass is 16.5. The van der Waals surface area contributed by atoms with Gasteiger partial charge in [0.15, 0.2) is 0 Å². The first-order valence-corrected chi connectivity index (χ1v) is 13.2. The number of nitrogens with zero attached hydrogens (tertiary/aromatic N) is 2. The van der Waals surface area contributed by atoms with Crippen molar-refractivity contribution in [2.75, 3.05) is 13.6 Å². The van der Waals surface area contributed by atoms with Crippen LogP contribution in [0.1, 0.15) is 96.8 Å². The fourth-order valence-corrected chi connectivity index (χ4v) is 4.10. The summed E-state index contributed by atoms with van der Waals surface area (Å²) < 4.78 is 10.7. The normalized spacial score (nSPS) is 13.0. The van der Waals surface area contributed by atoms with Crippen LogP contribution < -0.4 is 9.47 Å². The van der Waals surface area contributed by atoms with Crippen LogP contribution in [0.2, 0.25) is 0 Å². The van der Waals surface area contributed by atoms with Crippen LogP contribution in [0.25, 0.3) is 0 Å². The molecule has 4 amide bonds. The monoisotopic (exact) mass is 558 g/mol. The molecule has 41 heavy (non-hydrogen) atoms. The molecule has 0 spiro atoms. The molecule has 0 bridgehead atoms. The molecule has 0 aromatic heterocycles. The number of ether oxygens (including phenoxy) is 2. The second-order valence-corrected chi connectivity index (χ2v) is 8.30. The van der Waals surface area contributed by atoms with Crippen LogP contribution in [-0.2, 0) is 0 Å². The van der Waals surface area contributed by atoms with Gasteiger partial charge in [-0.05, 0) is 67.6 Å². The molecule has 3 aromatic carbocycles. The quantitative estimate of drug-likeness (QED) is 0.243. The zero-order chi connectivity index (χ0) is 30.4. The number of hydrogen-bond donors (Lipinski definition) is 0. The number of rotatable bonds is 5.